The van der Waals surface area contributed by atoms with E-state index in [0.717, 1.165) is 19.6 Å². The van der Waals surface area contributed by atoms with Crippen molar-refractivity contribution in [2.75, 3.05) is 6.61 Å². The van der Waals surface area contributed by atoms with Crippen molar-refractivity contribution in [1.82, 2.24) is 4.98 Å². The molecule has 2 aromatic rings. The standard InChI is InChI=1S/C12H13NO/c1-8-3-2-4-9-10-7-14-6-5-11(10)13-12(8)9/h2-4,13H,5-7H2,1H3. The second-order valence-corrected chi connectivity index (χ2v) is 3.88. The number of rotatable bonds is 0. The summed E-state index contributed by atoms with van der Waals surface area (Å²) in [6.45, 7) is 3.75. The number of H-pyrrole nitrogens is 1. The van der Waals surface area contributed by atoms with Gasteiger partial charge >= 0.3 is 0 Å². The SMILES string of the molecule is Cc1cccc2c3c([nH]c12)CCOC3. The molecule has 1 aromatic heterocycles. The summed E-state index contributed by atoms with van der Waals surface area (Å²) in [6.07, 6.45) is 1.02. The molecule has 72 valence electrons. The highest BCUT2D eigenvalue weighted by atomic mass is 16.5. The maximum atomic E-state index is 5.48. The van der Waals surface area contributed by atoms with Crippen LogP contribution in [0.5, 0.6) is 0 Å². The molecule has 1 N–H and O–H groups in total. The van der Waals surface area contributed by atoms with Crippen LogP contribution in [0.4, 0.5) is 0 Å². The van der Waals surface area contributed by atoms with Crippen molar-refractivity contribution >= 4 is 10.9 Å². The fourth-order valence-corrected chi connectivity index (χ4v) is 2.20. The maximum absolute atomic E-state index is 5.48. The van der Waals surface area contributed by atoms with Crippen LogP contribution in [0, 0.1) is 6.92 Å². The van der Waals surface area contributed by atoms with Crippen LogP contribution in [0.1, 0.15) is 16.8 Å². The number of benzene rings is 1. The highest BCUT2D eigenvalue weighted by Crippen LogP contribution is 2.28. The molecule has 2 nitrogen and oxygen atoms in total. The fraction of sp³-hybridized carbons (Fsp3) is 0.333. The number of aryl methyl sites for hydroxylation is 1. The molecule has 0 unspecified atom stereocenters. The summed E-state index contributed by atoms with van der Waals surface area (Å²) in [6, 6.07) is 6.43. The van der Waals surface area contributed by atoms with E-state index in [1.807, 2.05) is 0 Å². The topological polar surface area (TPSA) is 25.0 Å². The number of hydrogen-bond donors (Lipinski definition) is 1. The number of aromatic amines is 1. The van der Waals surface area contributed by atoms with Gasteiger partial charge in [-0.05, 0) is 12.5 Å². The summed E-state index contributed by atoms with van der Waals surface area (Å²) in [5, 5.41) is 1.33. The Labute approximate surface area is 82.9 Å². The monoisotopic (exact) mass is 187 g/mol. The zero-order valence-electron chi connectivity index (χ0n) is 8.26. The molecule has 0 atom stereocenters. The smallest absolute Gasteiger partial charge is 0.0740 e. The Morgan fingerprint density at radius 2 is 2.29 bits per heavy atom. The van der Waals surface area contributed by atoms with Gasteiger partial charge in [0.25, 0.3) is 0 Å². The average molecular weight is 187 g/mol. The molecule has 0 saturated carbocycles. The van der Waals surface area contributed by atoms with Crippen molar-refractivity contribution in [3.63, 3.8) is 0 Å². The first-order valence-electron chi connectivity index (χ1n) is 5.03. The second-order valence-electron chi connectivity index (χ2n) is 3.88. The normalized spacial score (nSPS) is 15.8. The zero-order valence-corrected chi connectivity index (χ0v) is 8.26. The van der Waals surface area contributed by atoms with Crippen LogP contribution in [0.25, 0.3) is 10.9 Å². The predicted octanol–water partition coefficient (Wildman–Crippen LogP) is 2.55. The molecule has 1 aromatic carbocycles. The molecule has 0 bridgehead atoms. The summed E-state index contributed by atoms with van der Waals surface area (Å²) in [7, 11) is 0. The van der Waals surface area contributed by atoms with Gasteiger partial charge in [0, 0.05) is 28.6 Å². The van der Waals surface area contributed by atoms with Crippen LogP contribution >= 0.6 is 0 Å². The van der Waals surface area contributed by atoms with E-state index in [1.54, 1.807) is 0 Å². The van der Waals surface area contributed by atoms with Gasteiger partial charge in [0.15, 0.2) is 0 Å². The molecule has 0 aliphatic carbocycles. The maximum Gasteiger partial charge on any atom is 0.0740 e. The molecule has 0 radical (unpaired) electrons. The molecule has 0 amide bonds. The summed E-state index contributed by atoms with van der Waals surface area (Å²) < 4.78 is 5.48. The van der Waals surface area contributed by atoms with E-state index in [9.17, 15) is 0 Å². The predicted molar refractivity (Wildman–Crippen MR) is 56.4 cm³/mol. The van der Waals surface area contributed by atoms with Crippen molar-refractivity contribution in [1.29, 1.82) is 0 Å². The molecule has 0 fully saturated rings. The lowest BCUT2D eigenvalue weighted by atomic mass is 10.1. The third-order valence-corrected chi connectivity index (χ3v) is 2.98. The summed E-state index contributed by atoms with van der Waals surface area (Å²) in [4.78, 5) is 3.50. The van der Waals surface area contributed by atoms with Gasteiger partial charge in [0.2, 0.25) is 0 Å². The highest BCUT2D eigenvalue weighted by molar-refractivity contribution is 5.87. The fourth-order valence-electron chi connectivity index (χ4n) is 2.20. The van der Waals surface area contributed by atoms with Crippen molar-refractivity contribution in [2.24, 2.45) is 0 Å². The number of nitrogens with one attached hydrogen (secondary N) is 1. The van der Waals surface area contributed by atoms with Crippen molar-refractivity contribution in [3.05, 3.63) is 35.0 Å². The van der Waals surface area contributed by atoms with Crippen molar-refractivity contribution in [2.45, 2.75) is 20.0 Å². The van der Waals surface area contributed by atoms with Gasteiger partial charge in [-0.15, -0.1) is 0 Å². The molecule has 0 spiro atoms. The van der Waals surface area contributed by atoms with Gasteiger partial charge < -0.3 is 9.72 Å². The van der Waals surface area contributed by atoms with Crippen LogP contribution in [0.2, 0.25) is 0 Å². The van der Waals surface area contributed by atoms with E-state index >= 15 is 0 Å². The van der Waals surface area contributed by atoms with E-state index in [2.05, 4.69) is 30.1 Å². The molecule has 3 rings (SSSR count). The minimum atomic E-state index is 0.763. The van der Waals surface area contributed by atoms with E-state index in [1.165, 1.54) is 27.7 Å². The Morgan fingerprint density at radius 3 is 3.21 bits per heavy atom. The molecular weight excluding hydrogens is 174 g/mol. The largest absolute Gasteiger partial charge is 0.376 e. The van der Waals surface area contributed by atoms with Gasteiger partial charge in [0.05, 0.1) is 13.2 Å². The molecular formula is C12H13NO. The minimum absolute atomic E-state index is 0.763. The van der Waals surface area contributed by atoms with E-state index in [0.29, 0.717) is 0 Å². The summed E-state index contributed by atoms with van der Waals surface area (Å²) in [5.41, 5.74) is 5.32. The lowest BCUT2D eigenvalue weighted by Crippen LogP contribution is -2.08. The van der Waals surface area contributed by atoms with Gasteiger partial charge in [0.1, 0.15) is 0 Å². The lowest BCUT2D eigenvalue weighted by molar-refractivity contribution is 0.111. The van der Waals surface area contributed by atoms with Gasteiger partial charge in [-0.1, -0.05) is 18.2 Å². The molecule has 2 heteroatoms. The Kier molecular flexibility index (Phi) is 1.64. The molecule has 0 saturated heterocycles. The zero-order chi connectivity index (χ0) is 9.54. The van der Waals surface area contributed by atoms with E-state index in [4.69, 9.17) is 4.74 Å². The molecule has 1 aliphatic rings. The Hall–Kier alpha value is -1.28. The van der Waals surface area contributed by atoms with Gasteiger partial charge in [-0.3, -0.25) is 0 Å². The summed E-state index contributed by atoms with van der Waals surface area (Å²) in [5.74, 6) is 0. The van der Waals surface area contributed by atoms with Crippen LogP contribution < -0.4 is 0 Å². The third-order valence-electron chi connectivity index (χ3n) is 2.98. The second kappa shape index (κ2) is 2.85. The van der Waals surface area contributed by atoms with E-state index in [-0.39, 0.29) is 0 Å². The molecule has 14 heavy (non-hydrogen) atoms. The Morgan fingerprint density at radius 1 is 1.36 bits per heavy atom. The van der Waals surface area contributed by atoms with Crippen LogP contribution in [-0.4, -0.2) is 11.6 Å². The molecule has 2 heterocycles. The number of aromatic nitrogens is 1. The van der Waals surface area contributed by atoms with Crippen LogP contribution in [0.3, 0.4) is 0 Å². The van der Waals surface area contributed by atoms with Gasteiger partial charge in [-0.25, -0.2) is 0 Å². The van der Waals surface area contributed by atoms with Crippen LogP contribution in [-0.2, 0) is 17.8 Å². The van der Waals surface area contributed by atoms with E-state index < -0.39 is 0 Å². The third kappa shape index (κ3) is 1.01. The van der Waals surface area contributed by atoms with Crippen LogP contribution in [0.15, 0.2) is 18.2 Å². The number of ether oxygens (including phenoxy) is 1. The first-order chi connectivity index (χ1) is 6.86. The molecule has 1 aliphatic heterocycles. The summed E-state index contributed by atoms with van der Waals surface area (Å²) >= 11 is 0. The quantitative estimate of drug-likeness (QED) is 0.673. The Balaban J connectivity index is 2.36. The number of fused-ring (bicyclic) bond motifs is 3. The Bertz CT molecular complexity index is 484. The average Bonchev–Trinajstić information content (AvgIpc) is 2.59. The van der Waals surface area contributed by atoms with Crippen molar-refractivity contribution < 1.29 is 4.74 Å². The van der Waals surface area contributed by atoms with Crippen molar-refractivity contribution in [3.8, 4) is 0 Å². The highest BCUT2D eigenvalue weighted by Gasteiger charge is 2.15. The van der Waals surface area contributed by atoms with Gasteiger partial charge in [-0.2, -0.15) is 0 Å². The first kappa shape index (κ1) is 8.06. The first-order valence-corrected chi connectivity index (χ1v) is 5.03. The number of para-hydroxylation sites is 1. The number of hydrogen-bond acceptors (Lipinski definition) is 1. The lowest BCUT2D eigenvalue weighted by Gasteiger charge is -2.11. The minimum Gasteiger partial charge on any atom is -0.376 e.